The molecular weight excluding hydrogens is 232 g/mol. The molecule has 2 heteroatoms. The molecule has 2 nitrogen and oxygen atoms in total. The van der Waals surface area contributed by atoms with Gasteiger partial charge in [-0.15, -0.1) is 0 Å². The average molecular weight is 252 g/mol. The molecule has 0 spiro atoms. The maximum Gasteiger partial charge on any atom is 0.0447 e. The molecule has 1 fully saturated rings. The Balaban J connectivity index is 1.78. The number of benzene rings is 1. The van der Waals surface area contributed by atoms with Crippen LogP contribution in [0.5, 0.6) is 0 Å². The minimum Gasteiger partial charge on any atom is -0.310 e. The lowest BCUT2D eigenvalue weighted by Crippen LogP contribution is -2.16. The van der Waals surface area contributed by atoms with E-state index in [1.165, 1.54) is 29.5 Å². The Morgan fingerprint density at radius 3 is 2.79 bits per heavy atom. The molecule has 1 aliphatic rings. The van der Waals surface area contributed by atoms with Crippen LogP contribution in [0.25, 0.3) is 0 Å². The van der Waals surface area contributed by atoms with Crippen molar-refractivity contribution in [2.24, 2.45) is 0 Å². The summed E-state index contributed by atoms with van der Waals surface area (Å²) in [5.41, 5.74) is 5.26. The molecule has 1 aromatic heterocycles. The summed E-state index contributed by atoms with van der Waals surface area (Å²) >= 11 is 0. The third kappa shape index (κ3) is 3.42. The van der Waals surface area contributed by atoms with Crippen molar-refractivity contribution in [3.8, 4) is 0 Å². The Morgan fingerprint density at radius 1 is 1.16 bits per heavy atom. The molecule has 1 heterocycles. The van der Waals surface area contributed by atoms with Gasteiger partial charge in [0.15, 0.2) is 0 Å². The number of aromatic nitrogens is 1. The molecule has 0 saturated heterocycles. The van der Waals surface area contributed by atoms with E-state index in [0.717, 1.165) is 24.7 Å². The summed E-state index contributed by atoms with van der Waals surface area (Å²) in [6.07, 6.45) is 5.46. The third-order valence-corrected chi connectivity index (χ3v) is 3.62. The second kappa shape index (κ2) is 5.54. The molecule has 3 rings (SSSR count). The Labute approximate surface area is 114 Å². The largest absolute Gasteiger partial charge is 0.310 e. The van der Waals surface area contributed by atoms with Crippen molar-refractivity contribution in [1.29, 1.82) is 0 Å². The number of nitrogens with zero attached hydrogens (tertiary/aromatic N) is 1. The van der Waals surface area contributed by atoms with E-state index in [0.29, 0.717) is 0 Å². The molecular formula is C17H20N2. The zero-order valence-electron chi connectivity index (χ0n) is 11.4. The summed E-state index contributed by atoms with van der Waals surface area (Å²) in [7, 11) is 0. The molecule has 0 bridgehead atoms. The van der Waals surface area contributed by atoms with Crippen molar-refractivity contribution in [1.82, 2.24) is 10.3 Å². The monoisotopic (exact) mass is 252 g/mol. The van der Waals surface area contributed by atoms with E-state index in [-0.39, 0.29) is 0 Å². The van der Waals surface area contributed by atoms with Gasteiger partial charge in [-0.2, -0.15) is 0 Å². The van der Waals surface area contributed by atoms with Crippen molar-refractivity contribution < 1.29 is 0 Å². The smallest absolute Gasteiger partial charge is 0.0447 e. The van der Waals surface area contributed by atoms with Crippen LogP contribution >= 0.6 is 0 Å². The molecule has 0 unspecified atom stereocenters. The minimum absolute atomic E-state index is 0.754. The van der Waals surface area contributed by atoms with Gasteiger partial charge in [-0.25, -0.2) is 0 Å². The van der Waals surface area contributed by atoms with Crippen molar-refractivity contribution in [3.63, 3.8) is 0 Å². The normalized spacial score (nSPS) is 14.6. The zero-order chi connectivity index (χ0) is 13.1. The van der Waals surface area contributed by atoms with Crippen molar-refractivity contribution in [3.05, 3.63) is 65.0 Å². The molecule has 0 radical (unpaired) electrons. The highest BCUT2D eigenvalue weighted by atomic mass is 14.9. The maximum absolute atomic E-state index is 4.43. The number of hydrogen-bond donors (Lipinski definition) is 1. The molecule has 98 valence electrons. The van der Waals surface area contributed by atoms with Crippen LogP contribution in [0.4, 0.5) is 0 Å². The fourth-order valence-electron chi connectivity index (χ4n) is 2.33. The molecule has 1 N–H and O–H groups in total. The lowest BCUT2D eigenvalue weighted by atomic mass is 10.00. The molecule has 0 aliphatic heterocycles. The van der Waals surface area contributed by atoms with Crippen LogP contribution in [0, 0.1) is 6.92 Å². The van der Waals surface area contributed by atoms with Crippen LogP contribution in [0.2, 0.25) is 0 Å². The SMILES string of the molecule is Cc1ccc(CNC2CC2)c(Cc2ccccn2)c1. The lowest BCUT2D eigenvalue weighted by molar-refractivity contribution is 0.683. The van der Waals surface area contributed by atoms with Gasteiger partial charge in [0.25, 0.3) is 0 Å². The van der Waals surface area contributed by atoms with Crippen molar-refractivity contribution in [2.45, 2.75) is 38.8 Å². The van der Waals surface area contributed by atoms with Crippen LogP contribution in [0.3, 0.4) is 0 Å². The number of pyridine rings is 1. The second-order valence-corrected chi connectivity index (χ2v) is 5.43. The number of aryl methyl sites for hydroxylation is 1. The van der Waals surface area contributed by atoms with Gasteiger partial charge < -0.3 is 5.32 Å². The molecule has 0 atom stereocenters. The molecule has 0 amide bonds. The predicted octanol–water partition coefficient (Wildman–Crippen LogP) is 3.23. The standard InChI is InChI=1S/C17H20N2/c1-13-5-6-14(12-19-16-7-8-16)15(10-13)11-17-4-2-3-9-18-17/h2-6,9-10,16,19H,7-8,11-12H2,1H3. The minimum atomic E-state index is 0.754. The zero-order valence-corrected chi connectivity index (χ0v) is 11.4. The van der Waals surface area contributed by atoms with Crippen molar-refractivity contribution >= 4 is 0 Å². The van der Waals surface area contributed by atoms with Crippen LogP contribution in [0.1, 0.15) is 35.2 Å². The summed E-state index contributed by atoms with van der Waals surface area (Å²) in [5, 5.41) is 3.60. The fraction of sp³-hybridized carbons (Fsp3) is 0.353. The fourth-order valence-corrected chi connectivity index (χ4v) is 2.33. The van der Waals surface area contributed by atoms with E-state index in [4.69, 9.17) is 0 Å². The highest BCUT2D eigenvalue weighted by molar-refractivity contribution is 5.34. The van der Waals surface area contributed by atoms with E-state index in [1.807, 2.05) is 12.3 Å². The van der Waals surface area contributed by atoms with E-state index >= 15 is 0 Å². The Morgan fingerprint density at radius 2 is 2.05 bits per heavy atom. The van der Waals surface area contributed by atoms with Gasteiger partial charge in [-0.05, 0) is 43.0 Å². The van der Waals surface area contributed by atoms with E-state index < -0.39 is 0 Å². The Bertz CT molecular complexity index is 544. The first-order valence-corrected chi connectivity index (χ1v) is 7.03. The summed E-state index contributed by atoms with van der Waals surface area (Å²) in [6.45, 7) is 3.13. The van der Waals surface area contributed by atoms with Crippen LogP contribution in [0.15, 0.2) is 42.6 Å². The van der Waals surface area contributed by atoms with Gasteiger partial charge in [-0.1, -0.05) is 29.8 Å². The van der Waals surface area contributed by atoms with E-state index in [9.17, 15) is 0 Å². The van der Waals surface area contributed by atoms with Crippen molar-refractivity contribution in [2.75, 3.05) is 0 Å². The molecule has 1 aromatic carbocycles. The van der Waals surface area contributed by atoms with Gasteiger partial charge in [-0.3, -0.25) is 4.98 Å². The predicted molar refractivity (Wildman–Crippen MR) is 78.1 cm³/mol. The topological polar surface area (TPSA) is 24.9 Å². The van der Waals surface area contributed by atoms with Gasteiger partial charge >= 0.3 is 0 Å². The number of hydrogen-bond acceptors (Lipinski definition) is 2. The van der Waals surface area contributed by atoms with Gasteiger partial charge in [0, 0.05) is 30.9 Å². The summed E-state index contributed by atoms with van der Waals surface area (Å²) in [5.74, 6) is 0. The summed E-state index contributed by atoms with van der Waals surface area (Å²) in [4.78, 5) is 4.43. The number of rotatable bonds is 5. The second-order valence-electron chi connectivity index (χ2n) is 5.43. The lowest BCUT2D eigenvalue weighted by Gasteiger charge is -2.11. The molecule has 1 saturated carbocycles. The highest BCUT2D eigenvalue weighted by Gasteiger charge is 2.20. The molecule has 2 aromatic rings. The first-order chi connectivity index (χ1) is 9.31. The maximum atomic E-state index is 4.43. The first kappa shape index (κ1) is 12.4. The number of nitrogens with one attached hydrogen (secondary N) is 1. The Kier molecular flexibility index (Phi) is 3.60. The van der Waals surface area contributed by atoms with Gasteiger partial charge in [0.1, 0.15) is 0 Å². The van der Waals surface area contributed by atoms with E-state index in [2.05, 4.69) is 47.6 Å². The molecule has 19 heavy (non-hydrogen) atoms. The van der Waals surface area contributed by atoms with Crippen LogP contribution < -0.4 is 5.32 Å². The first-order valence-electron chi connectivity index (χ1n) is 7.03. The highest BCUT2D eigenvalue weighted by Crippen LogP contribution is 2.21. The van der Waals surface area contributed by atoms with Gasteiger partial charge in [0.05, 0.1) is 0 Å². The van der Waals surface area contributed by atoms with E-state index in [1.54, 1.807) is 0 Å². The summed E-state index contributed by atoms with van der Waals surface area (Å²) < 4.78 is 0. The van der Waals surface area contributed by atoms with Crippen LogP contribution in [-0.2, 0) is 13.0 Å². The molecule has 1 aliphatic carbocycles. The quantitative estimate of drug-likeness (QED) is 0.883. The average Bonchev–Trinajstić information content (AvgIpc) is 3.23. The third-order valence-electron chi connectivity index (χ3n) is 3.62. The Hall–Kier alpha value is -1.67. The van der Waals surface area contributed by atoms with Crippen LogP contribution in [-0.4, -0.2) is 11.0 Å². The summed E-state index contributed by atoms with van der Waals surface area (Å²) in [6, 6.07) is 13.6. The van der Waals surface area contributed by atoms with Gasteiger partial charge in [0.2, 0.25) is 0 Å².